The van der Waals surface area contributed by atoms with E-state index in [1.54, 1.807) is 12.1 Å². The highest BCUT2D eigenvalue weighted by Gasteiger charge is 2.62. The van der Waals surface area contributed by atoms with E-state index in [4.69, 9.17) is 4.74 Å². The fourth-order valence-corrected chi connectivity index (χ4v) is 3.77. The van der Waals surface area contributed by atoms with Crippen molar-refractivity contribution in [1.82, 2.24) is 0 Å². The largest absolute Gasteiger partial charge is 0.459 e. The van der Waals surface area contributed by atoms with Crippen LogP contribution in [0.1, 0.15) is 44.0 Å². The first-order chi connectivity index (χ1) is 9.92. The first kappa shape index (κ1) is 14.3. The Morgan fingerprint density at radius 2 is 1.95 bits per heavy atom. The van der Waals surface area contributed by atoms with Crippen molar-refractivity contribution < 1.29 is 14.3 Å². The van der Waals surface area contributed by atoms with Crippen LogP contribution in [0.15, 0.2) is 30.3 Å². The number of hydrogen-bond donors (Lipinski definition) is 0. The lowest BCUT2D eigenvalue weighted by atomic mass is 9.76. The average molecular weight is 286 g/mol. The van der Waals surface area contributed by atoms with E-state index in [1.165, 1.54) is 0 Å². The van der Waals surface area contributed by atoms with Crippen molar-refractivity contribution in [2.24, 2.45) is 23.2 Å². The SMILES string of the molecule is CC(OC(=O)c1ccccc1)C1C2CCC(C)(C)C(=O)C21. The third-order valence-corrected chi connectivity index (χ3v) is 5.15. The van der Waals surface area contributed by atoms with Gasteiger partial charge in [0.15, 0.2) is 0 Å². The molecule has 2 saturated carbocycles. The van der Waals surface area contributed by atoms with E-state index in [0.29, 0.717) is 17.3 Å². The molecule has 0 bridgehead atoms. The second-order valence-corrected chi connectivity index (χ2v) is 7.03. The van der Waals surface area contributed by atoms with Gasteiger partial charge in [-0.1, -0.05) is 32.0 Å². The Balaban J connectivity index is 1.64. The highest BCUT2D eigenvalue weighted by atomic mass is 16.5. The Morgan fingerprint density at radius 3 is 2.62 bits per heavy atom. The molecule has 1 aromatic carbocycles. The van der Waals surface area contributed by atoms with Gasteiger partial charge in [-0.3, -0.25) is 4.79 Å². The minimum absolute atomic E-state index is 0.104. The maximum absolute atomic E-state index is 12.4. The van der Waals surface area contributed by atoms with Gasteiger partial charge in [-0.05, 0) is 37.8 Å². The van der Waals surface area contributed by atoms with Crippen LogP contribution in [-0.4, -0.2) is 17.9 Å². The molecule has 3 heteroatoms. The zero-order chi connectivity index (χ0) is 15.2. The molecule has 4 atom stereocenters. The summed E-state index contributed by atoms with van der Waals surface area (Å²) in [4.78, 5) is 24.5. The van der Waals surface area contributed by atoms with Crippen molar-refractivity contribution in [3.05, 3.63) is 35.9 Å². The second-order valence-electron chi connectivity index (χ2n) is 7.03. The number of Topliss-reactive ketones (excluding diaryl/α,β-unsaturated/α-hetero) is 1. The third-order valence-electron chi connectivity index (χ3n) is 5.15. The molecule has 2 aliphatic carbocycles. The number of esters is 1. The molecule has 0 heterocycles. The number of benzene rings is 1. The van der Waals surface area contributed by atoms with E-state index in [0.717, 1.165) is 12.8 Å². The van der Waals surface area contributed by atoms with Crippen LogP contribution in [0, 0.1) is 23.2 Å². The van der Waals surface area contributed by atoms with Crippen LogP contribution in [-0.2, 0) is 9.53 Å². The Bertz CT molecular complexity index is 561. The molecular formula is C18H22O3. The number of rotatable bonds is 3. The molecule has 3 rings (SSSR count). The summed E-state index contributed by atoms with van der Waals surface area (Å²) in [6.45, 7) is 5.98. The highest BCUT2D eigenvalue weighted by Crippen LogP contribution is 2.59. The van der Waals surface area contributed by atoms with Crippen LogP contribution in [0.25, 0.3) is 0 Å². The van der Waals surface area contributed by atoms with Crippen LogP contribution < -0.4 is 0 Å². The van der Waals surface area contributed by atoms with Crippen LogP contribution >= 0.6 is 0 Å². The van der Waals surface area contributed by atoms with Gasteiger partial charge in [0.25, 0.3) is 0 Å². The average Bonchev–Trinajstić information content (AvgIpc) is 3.19. The van der Waals surface area contributed by atoms with Gasteiger partial charge < -0.3 is 4.74 Å². The topological polar surface area (TPSA) is 43.4 Å². The molecule has 2 fully saturated rings. The molecule has 4 unspecified atom stereocenters. The minimum atomic E-state index is -0.293. The Kier molecular flexibility index (Phi) is 3.39. The summed E-state index contributed by atoms with van der Waals surface area (Å²) in [6.07, 6.45) is 1.83. The van der Waals surface area contributed by atoms with Gasteiger partial charge in [0, 0.05) is 17.3 Å². The number of fused-ring (bicyclic) bond motifs is 1. The predicted molar refractivity (Wildman–Crippen MR) is 79.8 cm³/mol. The molecule has 0 spiro atoms. The molecule has 3 nitrogen and oxygen atoms in total. The van der Waals surface area contributed by atoms with Crippen molar-refractivity contribution in [3.63, 3.8) is 0 Å². The van der Waals surface area contributed by atoms with E-state index in [2.05, 4.69) is 0 Å². The minimum Gasteiger partial charge on any atom is -0.459 e. The molecule has 0 aliphatic heterocycles. The lowest BCUT2D eigenvalue weighted by Gasteiger charge is -2.26. The molecule has 0 aromatic heterocycles. The van der Waals surface area contributed by atoms with Crippen LogP contribution in [0.4, 0.5) is 0 Å². The van der Waals surface area contributed by atoms with E-state index in [1.807, 2.05) is 39.0 Å². The van der Waals surface area contributed by atoms with Gasteiger partial charge in [0.2, 0.25) is 0 Å². The molecule has 1 aromatic rings. The van der Waals surface area contributed by atoms with Crippen LogP contribution in [0.3, 0.4) is 0 Å². The predicted octanol–water partition coefficient (Wildman–Crippen LogP) is 3.48. The molecule has 0 amide bonds. The maximum atomic E-state index is 12.4. The lowest BCUT2D eigenvalue weighted by Crippen LogP contribution is -2.30. The number of hydrogen-bond acceptors (Lipinski definition) is 3. The van der Waals surface area contributed by atoms with E-state index >= 15 is 0 Å². The van der Waals surface area contributed by atoms with Gasteiger partial charge in [0.05, 0.1) is 5.56 Å². The monoisotopic (exact) mass is 286 g/mol. The van der Waals surface area contributed by atoms with Gasteiger partial charge >= 0.3 is 5.97 Å². The summed E-state index contributed by atoms with van der Waals surface area (Å²) >= 11 is 0. The summed E-state index contributed by atoms with van der Waals surface area (Å²) < 4.78 is 5.58. The van der Waals surface area contributed by atoms with Gasteiger partial charge in [-0.2, -0.15) is 0 Å². The van der Waals surface area contributed by atoms with Gasteiger partial charge in [-0.15, -0.1) is 0 Å². The summed E-state index contributed by atoms with van der Waals surface area (Å²) in [5.74, 6) is 0.799. The summed E-state index contributed by atoms with van der Waals surface area (Å²) in [5.41, 5.74) is 0.360. The fraction of sp³-hybridized carbons (Fsp3) is 0.556. The number of carbonyl (C=O) groups is 2. The Morgan fingerprint density at radius 1 is 1.29 bits per heavy atom. The summed E-state index contributed by atoms with van der Waals surface area (Å²) in [5, 5.41) is 0. The fourth-order valence-electron chi connectivity index (χ4n) is 3.77. The van der Waals surface area contributed by atoms with E-state index in [9.17, 15) is 9.59 Å². The zero-order valence-electron chi connectivity index (χ0n) is 12.8. The van der Waals surface area contributed by atoms with Crippen molar-refractivity contribution in [3.8, 4) is 0 Å². The molecule has 21 heavy (non-hydrogen) atoms. The molecule has 2 aliphatic rings. The first-order valence-corrected chi connectivity index (χ1v) is 7.72. The van der Waals surface area contributed by atoms with Crippen molar-refractivity contribution >= 4 is 11.8 Å². The van der Waals surface area contributed by atoms with Gasteiger partial charge in [-0.25, -0.2) is 4.79 Å². The van der Waals surface area contributed by atoms with Crippen molar-refractivity contribution in [1.29, 1.82) is 0 Å². The van der Waals surface area contributed by atoms with Crippen molar-refractivity contribution in [2.75, 3.05) is 0 Å². The molecular weight excluding hydrogens is 264 g/mol. The maximum Gasteiger partial charge on any atom is 0.338 e. The number of ether oxygens (including phenoxy) is 1. The smallest absolute Gasteiger partial charge is 0.338 e. The zero-order valence-corrected chi connectivity index (χ0v) is 12.8. The normalized spacial score (nSPS) is 31.2. The summed E-state index contributed by atoms with van der Waals surface area (Å²) in [7, 11) is 0. The first-order valence-electron chi connectivity index (χ1n) is 7.72. The Labute approximate surface area is 125 Å². The molecule has 112 valence electrons. The highest BCUT2D eigenvalue weighted by molar-refractivity contribution is 5.91. The Hall–Kier alpha value is -1.64. The quantitative estimate of drug-likeness (QED) is 0.799. The van der Waals surface area contributed by atoms with Crippen LogP contribution in [0.5, 0.6) is 0 Å². The second kappa shape index (κ2) is 4.97. The summed E-state index contributed by atoms with van der Waals surface area (Å²) in [6, 6.07) is 9.03. The lowest BCUT2D eigenvalue weighted by molar-refractivity contribution is -0.131. The molecule has 0 radical (unpaired) electrons. The van der Waals surface area contributed by atoms with Crippen molar-refractivity contribution in [2.45, 2.75) is 39.7 Å². The molecule has 0 N–H and O–H groups in total. The van der Waals surface area contributed by atoms with Crippen LogP contribution in [0.2, 0.25) is 0 Å². The third kappa shape index (κ3) is 2.50. The molecule has 0 saturated heterocycles. The number of ketones is 1. The van der Waals surface area contributed by atoms with E-state index < -0.39 is 0 Å². The van der Waals surface area contributed by atoms with Gasteiger partial charge in [0.1, 0.15) is 11.9 Å². The van der Waals surface area contributed by atoms with E-state index in [-0.39, 0.29) is 29.3 Å². The standard InChI is InChI=1S/C18H22O3/c1-11(21-17(20)12-7-5-4-6-8-12)14-13-9-10-18(2,3)16(19)15(13)14/h4-8,11,13-15H,9-10H2,1-3H3. The number of carbonyl (C=O) groups excluding carboxylic acids is 2.